The zero-order valence-corrected chi connectivity index (χ0v) is 23.1. The number of hydrogen-bond donors (Lipinski definition) is 1. The molecule has 1 unspecified atom stereocenters. The van der Waals surface area contributed by atoms with Crippen LogP contribution in [0.3, 0.4) is 0 Å². The molecular formula is C30H47FN2O3. The van der Waals surface area contributed by atoms with Gasteiger partial charge in [0.1, 0.15) is 5.82 Å². The van der Waals surface area contributed by atoms with Gasteiger partial charge in [-0.1, -0.05) is 72.6 Å². The number of piperidine rings is 1. The molecule has 2 fully saturated rings. The van der Waals surface area contributed by atoms with Crippen molar-refractivity contribution in [2.24, 2.45) is 11.8 Å². The highest BCUT2D eigenvalue weighted by Crippen LogP contribution is 2.28. The fraction of sp³-hybridized carbons (Fsp3) is 0.633. The van der Waals surface area contributed by atoms with Crippen molar-refractivity contribution in [3.8, 4) is 0 Å². The Morgan fingerprint density at radius 3 is 2.08 bits per heavy atom. The highest BCUT2D eigenvalue weighted by molar-refractivity contribution is 5.98. The topological polar surface area (TPSA) is 66.5 Å². The second kappa shape index (κ2) is 17.0. The second-order valence-electron chi connectivity index (χ2n) is 9.70. The van der Waals surface area contributed by atoms with Gasteiger partial charge in [-0.05, 0) is 56.6 Å². The molecule has 0 bridgehead atoms. The third-order valence-corrected chi connectivity index (χ3v) is 6.77. The Bertz CT molecular complexity index is 840. The number of amides is 2. The summed E-state index contributed by atoms with van der Waals surface area (Å²) in [6.07, 6.45) is 9.59. The zero-order chi connectivity index (χ0) is 27.1. The van der Waals surface area contributed by atoms with Crippen LogP contribution >= 0.6 is 0 Å². The van der Waals surface area contributed by atoms with Crippen LogP contribution in [0.4, 0.5) is 4.39 Å². The molecule has 1 heterocycles. The summed E-state index contributed by atoms with van der Waals surface area (Å²) < 4.78 is 13.7. The number of benzene rings is 1. The molecule has 1 saturated carbocycles. The van der Waals surface area contributed by atoms with E-state index >= 15 is 0 Å². The summed E-state index contributed by atoms with van der Waals surface area (Å²) in [5, 5.41) is 2.80. The number of carbonyl (C=O) groups is 3. The number of hydrogen-bond acceptors (Lipinski definition) is 3. The lowest BCUT2D eigenvalue weighted by Gasteiger charge is -2.31. The molecule has 5 nitrogen and oxygen atoms in total. The molecule has 2 amide bonds. The van der Waals surface area contributed by atoms with Crippen LogP contribution < -0.4 is 5.32 Å². The molecular weight excluding hydrogens is 455 g/mol. The molecule has 0 aromatic heterocycles. The van der Waals surface area contributed by atoms with Gasteiger partial charge in [-0.3, -0.25) is 14.4 Å². The summed E-state index contributed by atoms with van der Waals surface area (Å²) in [5.74, 6) is -0.830. The van der Waals surface area contributed by atoms with Gasteiger partial charge in [-0.15, -0.1) is 0 Å². The second-order valence-corrected chi connectivity index (χ2v) is 9.70. The van der Waals surface area contributed by atoms with Crippen molar-refractivity contribution in [1.29, 1.82) is 0 Å². The minimum Gasteiger partial charge on any atom is -0.342 e. The Labute approximate surface area is 217 Å². The molecule has 2 aliphatic rings. The maximum absolute atomic E-state index is 13.7. The maximum atomic E-state index is 13.7. The predicted molar refractivity (Wildman–Crippen MR) is 145 cm³/mol. The van der Waals surface area contributed by atoms with Crippen molar-refractivity contribution < 1.29 is 18.8 Å². The van der Waals surface area contributed by atoms with Crippen LogP contribution in [0, 0.1) is 17.7 Å². The quantitative estimate of drug-likeness (QED) is 0.421. The first-order chi connectivity index (χ1) is 17.3. The van der Waals surface area contributed by atoms with E-state index in [4.69, 9.17) is 0 Å². The number of nitrogens with one attached hydrogen (secondary N) is 1. The number of rotatable bonds is 7. The average molecular weight is 503 g/mol. The van der Waals surface area contributed by atoms with Crippen molar-refractivity contribution in [3.05, 3.63) is 47.8 Å². The van der Waals surface area contributed by atoms with E-state index < -0.39 is 17.8 Å². The molecule has 6 heteroatoms. The largest absolute Gasteiger partial charge is 0.342 e. The summed E-state index contributed by atoms with van der Waals surface area (Å²) in [6, 6.07) is 5.37. The number of likely N-dealkylation sites (tertiary alicyclic amines) is 1. The van der Waals surface area contributed by atoms with Crippen LogP contribution in [-0.2, 0) is 9.59 Å². The van der Waals surface area contributed by atoms with Crippen LogP contribution in [-0.4, -0.2) is 41.6 Å². The fourth-order valence-corrected chi connectivity index (χ4v) is 4.58. The molecule has 0 spiro atoms. The van der Waals surface area contributed by atoms with Crippen molar-refractivity contribution >= 4 is 17.6 Å². The van der Waals surface area contributed by atoms with Crippen LogP contribution in [0.2, 0.25) is 0 Å². The smallest absolute Gasteiger partial charge is 0.254 e. The van der Waals surface area contributed by atoms with E-state index in [9.17, 15) is 18.8 Å². The normalized spacial score (nSPS) is 16.6. The monoisotopic (exact) mass is 502 g/mol. The van der Waals surface area contributed by atoms with Gasteiger partial charge in [0.2, 0.25) is 5.91 Å². The van der Waals surface area contributed by atoms with E-state index in [1.54, 1.807) is 12.1 Å². The number of ketones is 1. The third-order valence-electron chi connectivity index (χ3n) is 6.77. The fourth-order valence-electron chi connectivity index (χ4n) is 4.58. The Morgan fingerprint density at radius 1 is 1.00 bits per heavy atom. The molecule has 1 saturated heterocycles. The number of halogens is 1. The molecule has 3 rings (SSSR count). The third kappa shape index (κ3) is 9.87. The van der Waals surface area contributed by atoms with E-state index in [-0.39, 0.29) is 29.1 Å². The molecule has 1 N–H and O–H groups in total. The van der Waals surface area contributed by atoms with Crippen LogP contribution in [0.5, 0.6) is 0 Å². The van der Waals surface area contributed by atoms with E-state index in [1.807, 2.05) is 39.5 Å². The van der Waals surface area contributed by atoms with E-state index in [1.165, 1.54) is 25.0 Å². The van der Waals surface area contributed by atoms with E-state index in [0.29, 0.717) is 0 Å². The van der Waals surface area contributed by atoms with Gasteiger partial charge >= 0.3 is 0 Å². The average Bonchev–Trinajstić information content (AvgIpc) is 2.93. The molecule has 1 aliphatic carbocycles. The van der Waals surface area contributed by atoms with Gasteiger partial charge in [-0.2, -0.15) is 0 Å². The Hall–Kier alpha value is -2.50. The molecule has 202 valence electrons. The molecule has 1 aromatic rings. The highest BCUT2D eigenvalue weighted by atomic mass is 19.1. The van der Waals surface area contributed by atoms with E-state index in [0.717, 1.165) is 63.6 Å². The van der Waals surface area contributed by atoms with Gasteiger partial charge in [0, 0.05) is 24.6 Å². The van der Waals surface area contributed by atoms with Crippen molar-refractivity contribution in [2.75, 3.05) is 13.1 Å². The predicted octanol–water partition coefficient (Wildman–Crippen LogP) is 6.72. The lowest BCUT2D eigenvalue weighted by molar-refractivity contribution is -0.128. The standard InChI is InChI=1S/C18H24FNO2.C10H17NO.C2H6/c1-12(2)17(21)16(13-8-4-3-5-9-13)20-18(22)14-10-6-7-11-15(14)19;1-3-9(2)10(12)11-7-5-4-6-8-11;1-2/h6-7,10-13,16H,3-5,8-9H2,1-2H3,(H,20,22);2-8H2,1H3;1-2H3. The van der Waals surface area contributed by atoms with Gasteiger partial charge in [0.25, 0.3) is 5.91 Å². The minimum atomic E-state index is -0.556. The molecule has 0 radical (unpaired) electrons. The van der Waals surface area contributed by atoms with Crippen molar-refractivity contribution in [3.63, 3.8) is 0 Å². The minimum absolute atomic E-state index is 0.000124. The number of carbonyl (C=O) groups excluding carboxylic acids is 3. The first kappa shape index (κ1) is 31.5. The Kier molecular flexibility index (Phi) is 14.9. The van der Waals surface area contributed by atoms with Gasteiger partial charge in [0.05, 0.1) is 11.6 Å². The number of nitrogens with zero attached hydrogens (tertiary/aromatic N) is 1. The Morgan fingerprint density at radius 2 is 1.56 bits per heavy atom. The number of Topliss-reactive ketones (excluding diaryl/α,β-unsaturated/α-hetero) is 1. The molecule has 1 aliphatic heterocycles. The summed E-state index contributed by atoms with van der Waals surface area (Å²) in [4.78, 5) is 38.3. The summed E-state index contributed by atoms with van der Waals surface area (Å²) in [7, 11) is 0. The lowest BCUT2D eigenvalue weighted by Crippen LogP contribution is -2.48. The maximum Gasteiger partial charge on any atom is 0.254 e. The molecule has 1 aromatic carbocycles. The van der Waals surface area contributed by atoms with Crippen molar-refractivity contribution in [2.45, 2.75) is 98.4 Å². The van der Waals surface area contributed by atoms with Gasteiger partial charge in [0.15, 0.2) is 5.78 Å². The van der Waals surface area contributed by atoms with E-state index in [2.05, 4.69) is 11.9 Å². The SMILES string of the molecule is C=C(CC)C(=O)N1CCCCC1.CC.CC(C)C(=O)C(NC(=O)c1ccccc1F)C1CCCCC1. The van der Waals surface area contributed by atoms with Crippen LogP contribution in [0.15, 0.2) is 36.4 Å². The lowest BCUT2D eigenvalue weighted by atomic mass is 9.80. The Balaban J connectivity index is 0.000000391. The van der Waals surface area contributed by atoms with Gasteiger partial charge < -0.3 is 10.2 Å². The summed E-state index contributed by atoms with van der Waals surface area (Å²) in [5.41, 5.74) is 0.747. The van der Waals surface area contributed by atoms with Crippen molar-refractivity contribution in [1.82, 2.24) is 10.2 Å². The summed E-state index contributed by atoms with van der Waals surface area (Å²) in [6.45, 7) is 15.3. The highest BCUT2D eigenvalue weighted by Gasteiger charge is 2.32. The first-order valence-corrected chi connectivity index (χ1v) is 13.8. The van der Waals surface area contributed by atoms with Crippen LogP contribution in [0.1, 0.15) is 103 Å². The first-order valence-electron chi connectivity index (χ1n) is 13.8. The molecule has 1 atom stereocenters. The summed E-state index contributed by atoms with van der Waals surface area (Å²) >= 11 is 0. The zero-order valence-electron chi connectivity index (χ0n) is 23.1. The molecule has 36 heavy (non-hydrogen) atoms. The van der Waals surface area contributed by atoms with Crippen LogP contribution in [0.25, 0.3) is 0 Å². The van der Waals surface area contributed by atoms with Gasteiger partial charge in [-0.25, -0.2) is 4.39 Å².